The minimum absolute atomic E-state index is 0.0289. The molecule has 10 heavy (non-hydrogen) atoms. The van der Waals surface area contributed by atoms with Crippen LogP contribution in [0.3, 0.4) is 0 Å². The van der Waals surface area contributed by atoms with E-state index in [0.717, 1.165) is 19.4 Å². The summed E-state index contributed by atoms with van der Waals surface area (Å²) in [5.41, 5.74) is 0. The lowest BCUT2D eigenvalue weighted by molar-refractivity contribution is -0.0440. The first-order chi connectivity index (χ1) is 4.86. The molecule has 2 saturated heterocycles. The Hall–Kier alpha value is -0.350. The molecule has 2 atom stereocenters. The van der Waals surface area contributed by atoms with Crippen LogP contribution >= 0.6 is 12.2 Å². The van der Waals surface area contributed by atoms with Crippen LogP contribution in [-0.2, 0) is 9.47 Å². The van der Waals surface area contributed by atoms with Crippen LogP contribution in [0, 0.1) is 0 Å². The summed E-state index contributed by atoms with van der Waals surface area (Å²) in [7, 11) is 0. The van der Waals surface area contributed by atoms with Crippen molar-refractivity contribution in [3.8, 4) is 0 Å². The van der Waals surface area contributed by atoms with Gasteiger partial charge in [0.05, 0.1) is 0 Å². The maximum Gasteiger partial charge on any atom is 0.259 e. The van der Waals surface area contributed by atoms with Gasteiger partial charge < -0.3 is 14.8 Å². The Kier molecular flexibility index (Phi) is 1.50. The van der Waals surface area contributed by atoms with Crippen molar-refractivity contribution >= 4 is 17.4 Å². The van der Waals surface area contributed by atoms with Crippen molar-refractivity contribution in [2.24, 2.45) is 0 Å². The largest absolute Gasteiger partial charge is 0.463 e. The predicted molar refractivity (Wildman–Crippen MR) is 39.6 cm³/mol. The van der Waals surface area contributed by atoms with E-state index in [2.05, 4.69) is 5.32 Å². The van der Waals surface area contributed by atoms with Crippen LogP contribution in [0.25, 0.3) is 0 Å². The zero-order valence-corrected chi connectivity index (χ0v) is 6.32. The topological polar surface area (TPSA) is 30.5 Å². The number of ether oxygens (including phenoxy) is 2. The SMILES string of the molecule is S=C1N[C@H]2OCCC[C@H]2O1. The van der Waals surface area contributed by atoms with E-state index in [4.69, 9.17) is 21.7 Å². The number of thiocarbonyl (C=S) groups is 1. The monoisotopic (exact) mass is 159 g/mol. The maximum atomic E-state index is 5.35. The van der Waals surface area contributed by atoms with Crippen LogP contribution in [0.5, 0.6) is 0 Å². The van der Waals surface area contributed by atoms with Crippen LogP contribution in [0.1, 0.15) is 12.8 Å². The van der Waals surface area contributed by atoms with E-state index in [1.807, 2.05) is 0 Å². The Balaban J connectivity index is 2.04. The lowest BCUT2D eigenvalue weighted by Crippen LogP contribution is -2.37. The Bertz CT molecular complexity index is 146. The number of fused-ring (bicyclic) bond motifs is 1. The summed E-state index contributed by atoms with van der Waals surface area (Å²) in [6.07, 6.45) is 2.32. The van der Waals surface area contributed by atoms with Crippen LogP contribution in [-0.4, -0.2) is 24.1 Å². The van der Waals surface area contributed by atoms with Gasteiger partial charge in [-0.3, -0.25) is 0 Å². The summed E-state index contributed by atoms with van der Waals surface area (Å²) < 4.78 is 10.6. The fraction of sp³-hybridized carbons (Fsp3) is 0.833. The van der Waals surface area contributed by atoms with E-state index in [1.54, 1.807) is 0 Å². The normalized spacial score (nSPS) is 38.2. The first-order valence-electron chi connectivity index (χ1n) is 3.45. The molecule has 2 aliphatic rings. The van der Waals surface area contributed by atoms with Gasteiger partial charge in [-0.2, -0.15) is 0 Å². The van der Waals surface area contributed by atoms with Crippen LogP contribution in [0.15, 0.2) is 0 Å². The van der Waals surface area contributed by atoms with Crippen LogP contribution in [0.2, 0.25) is 0 Å². The maximum absolute atomic E-state index is 5.35. The summed E-state index contributed by atoms with van der Waals surface area (Å²) in [6, 6.07) is 0. The van der Waals surface area contributed by atoms with E-state index in [1.165, 1.54) is 0 Å². The highest BCUT2D eigenvalue weighted by Crippen LogP contribution is 2.19. The van der Waals surface area contributed by atoms with Gasteiger partial charge in [-0.25, -0.2) is 0 Å². The lowest BCUT2D eigenvalue weighted by Gasteiger charge is -2.22. The van der Waals surface area contributed by atoms with Crippen LogP contribution in [0.4, 0.5) is 0 Å². The second-order valence-corrected chi connectivity index (χ2v) is 2.89. The highest BCUT2D eigenvalue weighted by molar-refractivity contribution is 7.80. The fourth-order valence-electron chi connectivity index (χ4n) is 1.30. The van der Waals surface area contributed by atoms with Gasteiger partial charge in [0.1, 0.15) is 6.10 Å². The zero-order chi connectivity index (χ0) is 6.97. The number of hydrogen-bond donors (Lipinski definition) is 1. The second kappa shape index (κ2) is 2.36. The molecule has 0 radical (unpaired) electrons. The molecule has 0 unspecified atom stereocenters. The fourth-order valence-corrected chi connectivity index (χ4v) is 1.54. The summed E-state index contributed by atoms with van der Waals surface area (Å²) >= 11 is 4.82. The Morgan fingerprint density at radius 3 is 3.30 bits per heavy atom. The van der Waals surface area contributed by atoms with Gasteiger partial charge in [0.2, 0.25) is 0 Å². The minimum Gasteiger partial charge on any atom is -0.463 e. The quantitative estimate of drug-likeness (QED) is 0.518. The second-order valence-electron chi connectivity index (χ2n) is 2.52. The summed E-state index contributed by atoms with van der Waals surface area (Å²) in [5.74, 6) is 0. The van der Waals surface area contributed by atoms with Crippen molar-refractivity contribution in [1.82, 2.24) is 5.32 Å². The molecular formula is C6H9NO2S. The van der Waals surface area contributed by atoms with Crippen molar-refractivity contribution < 1.29 is 9.47 Å². The predicted octanol–water partition coefficient (Wildman–Crippen LogP) is 0.396. The summed E-state index contributed by atoms with van der Waals surface area (Å²) in [5, 5.41) is 3.43. The molecule has 0 spiro atoms. The van der Waals surface area contributed by atoms with E-state index >= 15 is 0 Å². The molecule has 0 amide bonds. The molecule has 0 saturated carbocycles. The Labute approximate surface area is 64.7 Å². The number of rotatable bonds is 0. The average Bonchev–Trinajstić information content (AvgIpc) is 2.27. The van der Waals surface area contributed by atoms with Crippen molar-refractivity contribution in [1.29, 1.82) is 0 Å². The molecule has 56 valence electrons. The molecule has 0 aliphatic carbocycles. The van der Waals surface area contributed by atoms with Crippen molar-refractivity contribution in [2.45, 2.75) is 25.2 Å². The molecule has 2 aliphatic heterocycles. The molecule has 0 aromatic heterocycles. The molecule has 2 rings (SSSR count). The lowest BCUT2D eigenvalue weighted by atomic mass is 10.1. The molecule has 4 heteroatoms. The van der Waals surface area contributed by atoms with Gasteiger partial charge >= 0.3 is 0 Å². The standard InChI is InChI=1S/C6H9NO2S/c10-6-7-5-4(9-6)2-1-3-8-5/h4-5H,1-3H2,(H,7,10)/t4-,5+/m1/s1. The molecule has 0 aromatic rings. The van der Waals surface area contributed by atoms with E-state index < -0.39 is 0 Å². The van der Waals surface area contributed by atoms with Gasteiger partial charge in [-0.15, -0.1) is 0 Å². The molecule has 0 bridgehead atoms. The number of nitrogens with one attached hydrogen (secondary N) is 1. The molecule has 3 nitrogen and oxygen atoms in total. The Morgan fingerprint density at radius 2 is 2.50 bits per heavy atom. The van der Waals surface area contributed by atoms with Crippen molar-refractivity contribution in [3.63, 3.8) is 0 Å². The first-order valence-corrected chi connectivity index (χ1v) is 3.86. The summed E-state index contributed by atoms with van der Waals surface area (Å²) in [4.78, 5) is 0. The van der Waals surface area contributed by atoms with Crippen molar-refractivity contribution in [3.05, 3.63) is 0 Å². The number of hydrogen-bond acceptors (Lipinski definition) is 3. The van der Waals surface area contributed by atoms with Crippen LogP contribution < -0.4 is 5.32 Å². The highest BCUT2D eigenvalue weighted by Gasteiger charge is 2.34. The zero-order valence-electron chi connectivity index (χ0n) is 5.50. The minimum atomic E-state index is 0.0289. The van der Waals surface area contributed by atoms with Gasteiger partial charge in [-0.1, -0.05) is 0 Å². The van der Waals surface area contributed by atoms with E-state index in [9.17, 15) is 0 Å². The molecule has 0 aromatic carbocycles. The third-order valence-electron chi connectivity index (χ3n) is 1.79. The molecule has 2 fully saturated rings. The Morgan fingerprint density at radius 1 is 1.60 bits per heavy atom. The molecular weight excluding hydrogens is 150 g/mol. The van der Waals surface area contributed by atoms with Gasteiger partial charge in [0.25, 0.3) is 5.17 Å². The smallest absolute Gasteiger partial charge is 0.259 e. The third-order valence-corrected chi connectivity index (χ3v) is 2.00. The summed E-state index contributed by atoms with van der Waals surface area (Å²) in [6.45, 7) is 0.820. The van der Waals surface area contributed by atoms with Gasteiger partial charge in [0.15, 0.2) is 6.23 Å². The first kappa shape index (κ1) is 6.37. The third kappa shape index (κ3) is 0.973. The van der Waals surface area contributed by atoms with Gasteiger partial charge in [0, 0.05) is 6.61 Å². The van der Waals surface area contributed by atoms with E-state index in [0.29, 0.717) is 5.17 Å². The van der Waals surface area contributed by atoms with Gasteiger partial charge in [-0.05, 0) is 25.1 Å². The molecule has 2 heterocycles. The average molecular weight is 159 g/mol. The highest BCUT2D eigenvalue weighted by atomic mass is 32.1. The van der Waals surface area contributed by atoms with Crippen molar-refractivity contribution in [2.75, 3.05) is 6.61 Å². The van der Waals surface area contributed by atoms with E-state index in [-0.39, 0.29) is 12.3 Å². The molecule has 1 N–H and O–H groups in total.